The van der Waals surface area contributed by atoms with E-state index in [1.165, 1.54) is 20.4 Å². The lowest BCUT2D eigenvalue weighted by Crippen LogP contribution is -2.18. The van der Waals surface area contributed by atoms with Crippen LogP contribution in [0.5, 0.6) is 11.5 Å². The zero-order chi connectivity index (χ0) is 19.6. The van der Waals surface area contributed by atoms with Gasteiger partial charge in [0.15, 0.2) is 11.5 Å². The average molecular weight is 430 g/mol. The summed E-state index contributed by atoms with van der Waals surface area (Å²) in [6, 6.07) is 14.9. The quantitative estimate of drug-likeness (QED) is 0.380. The van der Waals surface area contributed by atoms with Crippen LogP contribution in [0.25, 0.3) is 0 Å². The highest BCUT2D eigenvalue weighted by molar-refractivity contribution is 9.10. The number of nitrogens with one attached hydrogen (secondary N) is 2. The monoisotopic (exact) mass is 429 g/mol. The van der Waals surface area contributed by atoms with E-state index in [1.54, 1.807) is 18.2 Å². The number of hydrogen-bond acceptors (Lipinski definition) is 5. The molecule has 7 heteroatoms. The third-order valence-electron chi connectivity index (χ3n) is 3.72. The fourth-order valence-electron chi connectivity index (χ4n) is 2.30. The molecule has 0 atom stereocenters. The highest BCUT2D eigenvalue weighted by Gasteiger charge is 2.11. The molecule has 140 valence electrons. The number of nitrogens with zero attached hydrogens (tertiary/aromatic N) is 1. The van der Waals surface area contributed by atoms with Crippen LogP contribution in [0.1, 0.15) is 5.56 Å². The van der Waals surface area contributed by atoms with Gasteiger partial charge in [0.05, 0.1) is 14.2 Å². The van der Waals surface area contributed by atoms with Crippen molar-refractivity contribution in [2.45, 2.75) is 6.42 Å². The summed E-state index contributed by atoms with van der Waals surface area (Å²) < 4.78 is 11.4. The second kappa shape index (κ2) is 10.2. The molecule has 2 rings (SSSR count). The number of amides is 1. The van der Waals surface area contributed by atoms with Gasteiger partial charge in [0, 0.05) is 29.0 Å². The molecule has 0 saturated heterocycles. The molecule has 2 aromatic carbocycles. The van der Waals surface area contributed by atoms with Crippen molar-refractivity contribution in [2.24, 2.45) is 0 Å². The molecule has 27 heavy (non-hydrogen) atoms. The Hall–Kier alpha value is -2.98. The van der Waals surface area contributed by atoms with E-state index in [0.717, 1.165) is 16.5 Å². The van der Waals surface area contributed by atoms with Gasteiger partial charge in [0.1, 0.15) is 11.6 Å². The Morgan fingerprint density at radius 1 is 1.15 bits per heavy atom. The van der Waals surface area contributed by atoms with Crippen LogP contribution in [0.15, 0.2) is 58.7 Å². The normalized spacial score (nSPS) is 10.7. The molecule has 0 fully saturated rings. The number of rotatable bonds is 8. The molecule has 0 saturated carbocycles. The maximum Gasteiger partial charge on any atom is 0.267 e. The summed E-state index contributed by atoms with van der Waals surface area (Å²) in [7, 11) is 3.05. The molecular weight excluding hydrogens is 410 g/mol. The minimum absolute atomic E-state index is 0.0133. The van der Waals surface area contributed by atoms with E-state index in [9.17, 15) is 10.1 Å². The first-order valence-electron chi connectivity index (χ1n) is 8.19. The number of carbonyl (C=O) groups is 1. The minimum atomic E-state index is -0.499. The van der Waals surface area contributed by atoms with Gasteiger partial charge in [-0.05, 0) is 36.2 Å². The summed E-state index contributed by atoms with van der Waals surface area (Å²) in [6.07, 6.45) is 2.20. The summed E-state index contributed by atoms with van der Waals surface area (Å²) >= 11 is 3.40. The fraction of sp³-hybridized carbons (Fsp3) is 0.200. The molecule has 0 aliphatic heterocycles. The van der Waals surface area contributed by atoms with Gasteiger partial charge < -0.3 is 20.1 Å². The second-order valence-electron chi connectivity index (χ2n) is 5.52. The first-order valence-corrected chi connectivity index (χ1v) is 8.98. The molecule has 6 nitrogen and oxygen atoms in total. The first kappa shape index (κ1) is 20.3. The summed E-state index contributed by atoms with van der Waals surface area (Å²) in [5.41, 5.74) is 1.65. The molecule has 0 bridgehead atoms. The Balaban J connectivity index is 1.93. The van der Waals surface area contributed by atoms with Crippen molar-refractivity contribution in [3.63, 3.8) is 0 Å². The lowest BCUT2D eigenvalue weighted by Gasteiger charge is -2.10. The van der Waals surface area contributed by atoms with Crippen molar-refractivity contribution in [1.82, 2.24) is 5.32 Å². The van der Waals surface area contributed by atoms with Gasteiger partial charge in [-0.2, -0.15) is 5.26 Å². The molecule has 0 heterocycles. The van der Waals surface area contributed by atoms with Crippen LogP contribution < -0.4 is 20.1 Å². The third-order valence-corrected chi connectivity index (χ3v) is 4.25. The molecule has 0 unspecified atom stereocenters. The van der Waals surface area contributed by atoms with Crippen molar-refractivity contribution in [2.75, 3.05) is 26.1 Å². The van der Waals surface area contributed by atoms with E-state index in [1.807, 2.05) is 30.3 Å². The van der Waals surface area contributed by atoms with Crippen LogP contribution in [-0.2, 0) is 11.2 Å². The number of methoxy groups -OCH3 is 2. The standard InChI is InChI=1S/C20H20BrN3O3/c1-26-18-8-7-17(11-19(18)27-2)24-20(25)15(12-22)13-23-10-9-14-3-5-16(21)6-4-14/h3-8,11,13,23H,9-10H2,1-2H3,(H,24,25)/b15-13-. The van der Waals surface area contributed by atoms with E-state index < -0.39 is 5.91 Å². The van der Waals surface area contributed by atoms with Gasteiger partial charge in [-0.1, -0.05) is 28.1 Å². The van der Waals surface area contributed by atoms with E-state index in [2.05, 4.69) is 26.6 Å². The molecule has 0 radical (unpaired) electrons. The Kier molecular flexibility index (Phi) is 7.71. The first-order chi connectivity index (χ1) is 13.1. The summed E-state index contributed by atoms with van der Waals surface area (Å²) in [6.45, 7) is 0.608. The van der Waals surface area contributed by atoms with Crippen molar-refractivity contribution >= 4 is 27.5 Å². The Morgan fingerprint density at radius 2 is 1.85 bits per heavy atom. The molecule has 2 N–H and O–H groups in total. The average Bonchev–Trinajstić information content (AvgIpc) is 2.69. The van der Waals surface area contributed by atoms with E-state index >= 15 is 0 Å². The maximum absolute atomic E-state index is 12.3. The van der Waals surface area contributed by atoms with Crippen LogP contribution in [0.3, 0.4) is 0 Å². The maximum atomic E-state index is 12.3. The molecule has 0 aromatic heterocycles. The predicted molar refractivity (Wildman–Crippen MR) is 108 cm³/mol. The van der Waals surface area contributed by atoms with Crippen LogP contribution >= 0.6 is 15.9 Å². The van der Waals surface area contributed by atoms with Gasteiger partial charge >= 0.3 is 0 Å². The van der Waals surface area contributed by atoms with Crippen molar-refractivity contribution < 1.29 is 14.3 Å². The highest BCUT2D eigenvalue weighted by Crippen LogP contribution is 2.29. The lowest BCUT2D eigenvalue weighted by molar-refractivity contribution is -0.112. The zero-order valence-corrected chi connectivity index (χ0v) is 16.7. The fourth-order valence-corrected chi connectivity index (χ4v) is 2.57. The SMILES string of the molecule is COc1ccc(NC(=O)/C(C#N)=C\NCCc2ccc(Br)cc2)cc1OC. The van der Waals surface area contributed by atoms with E-state index in [0.29, 0.717) is 23.7 Å². The number of carbonyl (C=O) groups excluding carboxylic acids is 1. The van der Waals surface area contributed by atoms with Crippen LogP contribution in [0, 0.1) is 11.3 Å². The van der Waals surface area contributed by atoms with E-state index in [-0.39, 0.29) is 5.57 Å². The third kappa shape index (κ3) is 6.04. The van der Waals surface area contributed by atoms with Gasteiger partial charge in [-0.15, -0.1) is 0 Å². The minimum Gasteiger partial charge on any atom is -0.493 e. The van der Waals surface area contributed by atoms with Crippen molar-refractivity contribution in [3.8, 4) is 17.6 Å². The summed E-state index contributed by atoms with van der Waals surface area (Å²) in [5, 5.41) is 14.9. The summed E-state index contributed by atoms with van der Waals surface area (Å²) in [5.74, 6) is 0.549. The van der Waals surface area contributed by atoms with Crippen LogP contribution in [0.2, 0.25) is 0 Å². The second-order valence-corrected chi connectivity index (χ2v) is 6.44. The van der Waals surface area contributed by atoms with Crippen molar-refractivity contribution in [3.05, 3.63) is 64.3 Å². The molecule has 2 aromatic rings. The largest absolute Gasteiger partial charge is 0.493 e. The van der Waals surface area contributed by atoms with Gasteiger partial charge in [0.25, 0.3) is 5.91 Å². The number of benzene rings is 2. The number of halogens is 1. The number of nitriles is 1. The zero-order valence-electron chi connectivity index (χ0n) is 15.1. The Morgan fingerprint density at radius 3 is 2.48 bits per heavy atom. The van der Waals surface area contributed by atoms with Gasteiger partial charge in [0.2, 0.25) is 0 Å². The summed E-state index contributed by atoms with van der Waals surface area (Å²) in [4.78, 5) is 12.3. The Labute approximate surface area is 166 Å². The topological polar surface area (TPSA) is 83.4 Å². The molecule has 0 spiro atoms. The molecular formula is C20H20BrN3O3. The highest BCUT2D eigenvalue weighted by atomic mass is 79.9. The van der Waals surface area contributed by atoms with E-state index in [4.69, 9.17) is 9.47 Å². The van der Waals surface area contributed by atoms with Crippen LogP contribution in [-0.4, -0.2) is 26.7 Å². The molecule has 1 amide bonds. The number of anilines is 1. The molecule has 0 aliphatic carbocycles. The predicted octanol–water partition coefficient (Wildman–Crippen LogP) is 3.64. The van der Waals surface area contributed by atoms with Crippen molar-refractivity contribution in [1.29, 1.82) is 5.26 Å². The smallest absolute Gasteiger partial charge is 0.267 e. The Bertz CT molecular complexity index is 858. The van der Waals surface area contributed by atoms with Crippen LogP contribution in [0.4, 0.5) is 5.69 Å². The van der Waals surface area contributed by atoms with Gasteiger partial charge in [-0.3, -0.25) is 4.79 Å². The molecule has 0 aliphatic rings. The number of ether oxygens (including phenoxy) is 2. The van der Waals surface area contributed by atoms with Gasteiger partial charge in [-0.25, -0.2) is 0 Å². The lowest BCUT2D eigenvalue weighted by atomic mass is 10.1. The number of hydrogen-bond donors (Lipinski definition) is 2.